The van der Waals surface area contributed by atoms with E-state index in [2.05, 4.69) is 0 Å². The van der Waals surface area contributed by atoms with E-state index in [0.29, 0.717) is 6.54 Å². The molecular formula is C15H14F2N2OS. The molecule has 1 fully saturated rings. The van der Waals surface area contributed by atoms with Gasteiger partial charge >= 0.3 is 0 Å². The second-order valence-corrected chi connectivity index (χ2v) is 6.00. The standard InChI is InChI=1S/C15H14F2N2OS/c1-18-7-3-4-10(18)8-19-13(20)9-21-15(19)14-11(16)5-2-6-12(14)17/h2-7,15H,8-9H2,1H3. The molecule has 1 aliphatic heterocycles. The number of halogens is 2. The SMILES string of the molecule is Cn1cccc1CN1C(=O)CSC1c1c(F)cccc1F. The lowest BCUT2D eigenvalue weighted by atomic mass is 10.1. The second kappa shape index (κ2) is 5.52. The van der Waals surface area contributed by atoms with Gasteiger partial charge in [-0.2, -0.15) is 0 Å². The summed E-state index contributed by atoms with van der Waals surface area (Å²) in [6, 6.07) is 7.55. The fraction of sp³-hybridized carbons (Fsp3) is 0.267. The van der Waals surface area contributed by atoms with Crippen molar-refractivity contribution < 1.29 is 13.6 Å². The van der Waals surface area contributed by atoms with E-state index in [-0.39, 0.29) is 17.2 Å². The number of amides is 1. The van der Waals surface area contributed by atoms with E-state index in [4.69, 9.17) is 0 Å². The number of hydrogen-bond acceptors (Lipinski definition) is 2. The van der Waals surface area contributed by atoms with Crippen LogP contribution >= 0.6 is 11.8 Å². The van der Waals surface area contributed by atoms with E-state index in [1.165, 1.54) is 34.9 Å². The van der Waals surface area contributed by atoms with Gasteiger partial charge in [0.15, 0.2) is 0 Å². The third-order valence-electron chi connectivity index (χ3n) is 3.60. The Hall–Kier alpha value is -1.82. The van der Waals surface area contributed by atoms with Crippen LogP contribution in [0.5, 0.6) is 0 Å². The van der Waals surface area contributed by atoms with Crippen molar-refractivity contribution in [3.8, 4) is 0 Å². The van der Waals surface area contributed by atoms with Gasteiger partial charge in [0, 0.05) is 18.9 Å². The predicted molar refractivity (Wildman–Crippen MR) is 77.5 cm³/mol. The number of thioether (sulfide) groups is 1. The number of aryl methyl sites for hydroxylation is 1. The molecule has 1 amide bonds. The number of hydrogen-bond donors (Lipinski definition) is 0. The summed E-state index contributed by atoms with van der Waals surface area (Å²) in [4.78, 5) is 13.6. The maximum absolute atomic E-state index is 14.0. The van der Waals surface area contributed by atoms with E-state index in [9.17, 15) is 13.6 Å². The summed E-state index contributed by atoms with van der Waals surface area (Å²) in [6.45, 7) is 0.341. The summed E-state index contributed by atoms with van der Waals surface area (Å²) in [7, 11) is 1.88. The molecule has 2 aromatic rings. The number of carbonyl (C=O) groups excluding carboxylic acids is 1. The Morgan fingerprint density at radius 2 is 1.95 bits per heavy atom. The van der Waals surface area contributed by atoms with Crippen molar-refractivity contribution in [2.75, 3.05) is 5.75 Å². The first kappa shape index (κ1) is 14.1. The monoisotopic (exact) mass is 308 g/mol. The van der Waals surface area contributed by atoms with Crippen LogP contribution in [0.3, 0.4) is 0 Å². The molecule has 0 spiro atoms. The zero-order valence-corrected chi connectivity index (χ0v) is 12.2. The molecule has 1 atom stereocenters. The van der Waals surface area contributed by atoms with Crippen LogP contribution in [0.2, 0.25) is 0 Å². The summed E-state index contributed by atoms with van der Waals surface area (Å²) in [6.07, 6.45) is 1.88. The third-order valence-corrected chi connectivity index (χ3v) is 4.82. The zero-order chi connectivity index (χ0) is 15.0. The second-order valence-electron chi connectivity index (χ2n) is 4.93. The molecule has 1 aromatic carbocycles. The van der Waals surface area contributed by atoms with E-state index in [1.807, 2.05) is 29.9 Å². The van der Waals surface area contributed by atoms with Gasteiger partial charge in [-0.15, -0.1) is 11.8 Å². The molecule has 0 aliphatic carbocycles. The average molecular weight is 308 g/mol. The van der Waals surface area contributed by atoms with Crippen molar-refractivity contribution in [1.82, 2.24) is 9.47 Å². The Kier molecular flexibility index (Phi) is 3.71. The van der Waals surface area contributed by atoms with E-state index < -0.39 is 17.0 Å². The lowest BCUT2D eigenvalue weighted by Crippen LogP contribution is -2.29. The Labute approximate surface area is 125 Å². The molecule has 1 saturated heterocycles. The normalized spacial score (nSPS) is 18.5. The molecule has 3 nitrogen and oxygen atoms in total. The van der Waals surface area contributed by atoms with Gasteiger partial charge in [-0.1, -0.05) is 6.07 Å². The van der Waals surface area contributed by atoms with E-state index in [0.717, 1.165) is 5.69 Å². The highest BCUT2D eigenvalue weighted by atomic mass is 32.2. The highest BCUT2D eigenvalue weighted by Crippen LogP contribution is 2.41. The van der Waals surface area contributed by atoms with Gasteiger partial charge in [0.2, 0.25) is 5.91 Å². The molecule has 21 heavy (non-hydrogen) atoms. The quantitative estimate of drug-likeness (QED) is 0.870. The number of carbonyl (C=O) groups is 1. The lowest BCUT2D eigenvalue weighted by molar-refractivity contribution is -0.128. The van der Waals surface area contributed by atoms with Gasteiger partial charge in [-0.05, 0) is 24.3 Å². The van der Waals surface area contributed by atoms with Gasteiger partial charge in [0.25, 0.3) is 0 Å². The van der Waals surface area contributed by atoms with Crippen molar-refractivity contribution in [3.05, 3.63) is 59.4 Å². The lowest BCUT2D eigenvalue weighted by Gasteiger charge is -2.25. The summed E-state index contributed by atoms with van der Waals surface area (Å²) in [5.74, 6) is -1.09. The maximum Gasteiger partial charge on any atom is 0.234 e. The Balaban J connectivity index is 1.94. The first-order valence-corrected chi connectivity index (χ1v) is 7.58. The van der Waals surface area contributed by atoms with Gasteiger partial charge in [0.05, 0.1) is 17.9 Å². The molecule has 6 heteroatoms. The highest BCUT2D eigenvalue weighted by Gasteiger charge is 2.36. The number of benzene rings is 1. The van der Waals surface area contributed by atoms with Crippen molar-refractivity contribution in [2.45, 2.75) is 11.9 Å². The van der Waals surface area contributed by atoms with Crippen molar-refractivity contribution in [3.63, 3.8) is 0 Å². The maximum atomic E-state index is 14.0. The average Bonchev–Trinajstić information content (AvgIpc) is 2.99. The minimum Gasteiger partial charge on any atom is -0.353 e. The van der Waals surface area contributed by atoms with Gasteiger partial charge in [-0.3, -0.25) is 4.79 Å². The molecule has 3 rings (SSSR count). The summed E-state index contributed by atoms with van der Waals surface area (Å²) >= 11 is 1.25. The van der Waals surface area contributed by atoms with Gasteiger partial charge < -0.3 is 9.47 Å². The Bertz CT molecular complexity index is 666. The molecular weight excluding hydrogens is 294 g/mol. The van der Waals surface area contributed by atoms with Crippen LogP contribution < -0.4 is 0 Å². The minimum atomic E-state index is -0.617. The highest BCUT2D eigenvalue weighted by molar-refractivity contribution is 8.00. The fourth-order valence-electron chi connectivity index (χ4n) is 2.45. The van der Waals surface area contributed by atoms with Crippen molar-refractivity contribution in [1.29, 1.82) is 0 Å². The molecule has 0 saturated carbocycles. The third kappa shape index (κ3) is 2.55. The fourth-order valence-corrected chi connectivity index (χ4v) is 3.68. The number of rotatable bonds is 3. The summed E-state index contributed by atoms with van der Waals surface area (Å²) in [5, 5.41) is -0.617. The first-order valence-electron chi connectivity index (χ1n) is 6.53. The van der Waals surface area contributed by atoms with Crippen LogP contribution in [0.1, 0.15) is 16.6 Å². The predicted octanol–water partition coefficient (Wildman–Crippen LogP) is 3.08. The van der Waals surface area contributed by atoms with Gasteiger partial charge in [0.1, 0.15) is 17.0 Å². The first-order chi connectivity index (χ1) is 10.1. The molecule has 2 heterocycles. The Morgan fingerprint density at radius 1 is 1.24 bits per heavy atom. The molecule has 0 bridgehead atoms. The number of nitrogens with zero attached hydrogens (tertiary/aromatic N) is 2. The van der Waals surface area contributed by atoms with E-state index in [1.54, 1.807) is 0 Å². The van der Waals surface area contributed by atoms with E-state index >= 15 is 0 Å². The van der Waals surface area contributed by atoms with Crippen LogP contribution in [-0.2, 0) is 18.4 Å². The summed E-state index contributed by atoms with van der Waals surface area (Å²) in [5.41, 5.74) is 0.884. The molecule has 0 radical (unpaired) electrons. The molecule has 0 N–H and O–H groups in total. The van der Waals surface area contributed by atoms with Crippen LogP contribution in [0.25, 0.3) is 0 Å². The van der Waals surface area contributed by atoms with Gasteiger partial charge in [-0.25, -0.2) is 8.78 Å². The molecule has 1 aliphatic rings. The van der Waals surface area contributed by atoms with Crippen molar-refractivity contribution >= 4 is 17.7 Å². The molecule has 1 aromatic heterocycles. The van der Waals surface area contributed by atoms with Crippen molar-refractivity contribution in [2.24, 2.45) is 7.05 Å². The Morgan fingerprint density at radius 3 is 2.57 bits per heavy atom. The molecule has 1 unspecified atom stereocenters. The van der Waals surface area contributed by atoms with Crippen LogP contribution in [0.4, 0.5) is 8.78 Å². The largest absolute Gasteiger partial charge is 0.353 e. The molecule has 110 valence electrons. The number of aromatic nitrogens is 1. The minimum absolute atomic E-state index is 0.0393. The summed E-state index contributed by atoms with van der Waals surface area (Å²) < 4.78 is 29.8. The smallest absolute Gasteiger partial charge is 0.234 e. The van der Waals surface area contributed by atoms with Crippen LogP contribution in [-0.4, -0.2) is 21.1 Å². The topological polar surface area (TPSA) is 25.2 Å². The zero-order valence-electron chi connectivity index (χ0n) is 11.4. The van der Waals surface area contributed by atoms with Crippen LogP contribution in [0, 0.1) is 11.6 Å². The van der Waals surface area contributed by atoms with Crippen LogP contribution in [0.15, 0.2) is 36.5 Å².